The number of hydrogen-bond acceptors (Lipinski definition) is 2. The molecule has 1 N–H and O–H groups in total. The molecule has 0 aliphatic rings. The van der Waals surface area contributed by atoms with Gasteiger partial charge in [-0.05, 0) is 48.9 Å². The van der Waals surface area contributed by atoms with Crippen LogP contribution in [0.25, 0.3) is 21.5 Å². The summed E-state index contributed by atoms with van der Waals surface area (Å²) in [5.41, 5.74) is 5.84. The average molecular weight is 528 g/mol. The molecule has 0 fully saturated rings. The number of benzene rings is 4. The quantitative estimate of drug-likeness (QED) is 0.179. The summed E-state index contributed by atoms with van der Waals surface area (Å²) in [4.78, 5) is 13.3. The zero-order valence-electron chi connectivity index (χ0n) is 18.7. The average Bonchev–Trinajstić information content (AvgIpc) is 3.36. The summed E-state index contributed by atoms with van der Waals surface area (Å²) < 4.78 is 0. The molecule has 0 unspecified atom stereocenters. The first kappa shape index (κ1) is 24.3. The number of fused-ring (bicyclic) bond motifs is 2. The van der Waals surface area contributed by atoms with Gasteiger partial charge in [0.15, 0.2) is 0 Å². The number of aromatic amines is 1. The number of H-pyrrole nitrogens is 1. The molecule has 0 aliphatic carbocycles. The number of nitrogens with one attached hydrogen (secondary N) is 1. The van der Waals surface area contributed by atoms with Crippen LogP contribution in [-0.4, -0.2) is 16.4 Å². The van der Waals surface area contributed by atoms with E-state index in [0.717, 1.165) is 45.0 Å². The Morgan fingerprint density at radius 3 is 1.41 bits per heavy atom. The molecule has 3 nitrogen and oxygen atoms in total. The maximum atomic E-state index is 4.90. The molecule has 0 saturated carbocycles. The zero-order chi connectivity index (χ0) is 23.9. The Balaban J connectivity index is 0.000000868. The van der Waals surface area contributed by atoms with Gasteiger partial charge in [-0.25, -0.2) is 0 Å². The van der Waals surface area contributed by atoms with E-state index in [2.05, 4.69) is 102 Å². The molecule has 172 valence electrons. The SMILES string of the molecule is CC(=Nc1cccc2ccccc12)c1ccc(C(C)=Nc2cccc3ccccc23)[nH]1.[Cl][Fe][Cl]. The summed E-state index contributed by atoms with van der Waals surface area (Å²) in [6.45, 7) is 4.07. The summed E-state index contributed by atoms with van der Waals surface area (Å²) in [6.07, 6.45) is 0. The zero-order valence-corrected chi connectivity index (χ0v) is 21.4. The van der Waals surface area contributed by atoms with E-state index in [1.807, 2.05) is 13.8 Å². The van der Waals surface area contributed by atoms with Crippen molar-refractivity contribution in [2.75, 3.05) is 0 Å². The van der Waals surface area contributed by atoms with Gasteiger partial charge in [-0.2, -0.15) is 0 Å². The summed E-state index contributed by atoms with van der Waals surface area (Å²) in [6, 6.07) is 33.3. The van der Waals surface area contributed by atoms with Gasteiger partial charge >= 0.3 is 33.3 Å². The van der Waals surface area contributed by atoms with Crippen LogP contribution in [-0.2, 0) is 13.1 Å². The summed E-state index contributed by atoms with van der Waals surface area (Å²) in [7, 11) is 9.53. The fourth-order valence-electron chi connectivity index (χ4n) is 3.91. The van der Waals surface area contributed by atoms with Gasteiger partial charge in [-0.1, -0.05) is 72.8 Å². The van der Waals surface area contributed by atoms with Crippen molar-refractivity contribution in [1.29, 1.82) is 0 Å². The number of rotatable bonds is 4. The first-order valence-corrected chi connectivity index (χ1v) is 13.8. The van der Waals surface area contributed by atoms with E-state index in [4.69, 9.17) is 30.2 Å². The third-order valence-electron chi connectivity index (χ3n) is 5.58. The predicted molar refractivity (Wildman–Crippen MR) is 144 cm³/mol. The molecule has 1 aromatic heterocycles. The number of halogens is 2. The van der Waals surface area contributed by atoms with E-state index in [1.165, 1.54) is 10.8 Å². The van der Waals surface area contributed by atoms with Crippen molar-refractivity contribution in [2.24, 2.45) is 9.98 Å². The summed E-state index contributed by atoms with van der Waals surface area (Å²) >= 11 is 0.194. The molecule has 0 bridgehead atoms. The van der Waals surface area contributed by atoms with Gasteiger partial charge in [0.25, 0.3) is 0 Å². The van der Waals surface area contributed by atoms with Crippen LogP contribution >= 0.6 is 20.2 Å². The monoisotopic (exact) mass is 527 g/mol. The second-order valence-electron chi connectivity index (χ2n) is 7.73. The van der Waals surface area contributed by atoms with Crippen molar-refractivity contribution >= 4 is 64.5 Å². The third-order valence-corrected chi connectivity index (χ3v) is 5.58. The van der Waals surface area contributed by atoms with Crippen LogP contribution < -0.4 is 0 Å². The van der Waals surface area contributed by atoms with Crippen LogP contribution in [0.2, 0.25) is 0 Å². The molecule has 5 rings (SSSR count). The first-order chi connectivity index (χ1) is 16.6. The van der Waals surface area contributed by atoms with E-state index >= 15 is 0 Å². The van der Waals surface area contributed by atoms with E-state index in [1.54, 1.807) is 0 Å². The molecule has 34 heavy (non-hydrogen) atoms. The van der Waals surface area contributed by atoms with Crippen molar-refractivity contribution in [2.45, 2.75) is 13.8 Å². The van der Waals surface area contributed by atoms with Crippen LogP contribution in [0.1, 0.15) is 25.2 Å². The van der Waals surface area contributed by atoms with Crippen LogP contribution in [0, 0.1) is 0 Å². The Bertz CT molecular complexity index is 1370. The molecule has 6 heteroatoms. The fraction of sp³-hybridized carbons (Fsp3) is 0.0714. The van der Waals surface area contributed by atoms with Gasteiger partial charge in [-0.3, -0.25) is 9.98 Å². The van der Waals surface area contributed by atoms with Gasteiger partial charge < -0.3 is 4.98 Å². The van der Waals surface area contributed by atoms with Gasteiger partial charge in [0.05, 0.1) is 34.2 Å². The second-order valence-corrected chi connectivity index (χ2v) is 9.55. The molecule has 0 spiro atoms. The molecule has 0 aliphatic heterocycles. The molecule has 1 heterocycles. The molecule has 0 amide bonds. The second kappa shape index (κ2) is 11.5. The van der Waals surface area contributed by atoms with Crippen molar-refractivity contribution in [1.82, 2.24) is 4.98 Å². The Hall–Kier alpha value is -2.88. The third kappa shape index (κ3) is 5.60. The minimum atomic E-state index is 0.194. The summed E-state index contributed by atoms with van der Waals surface area (Å²) in [5, 5.41) is 4.71. The predicted octanol–water partition coefficient (Wildman–Crippen LogP) is 8.98. The van der Waals surface area contributed by atoms with Crippen LogP contribution in [0.15, 0.2) is 107 Å². The van der Waals surface area contributed by atoms with Crippen LogP contribution in [0.4, 0.5) is 11.4 Å². The Morgan fingerprint density at radius 1 is 0.588 bits per heavy atom. The van der Waals surface area contributed by atoms with E-state index in [9.17, 15) is 0 Å². The van der Waals surface area contributed by atoms with E-state index in [0.29, 0.717) is 0 Å². The van der Waals surface area contributed by atoms with Crippen molar-refractivity contribution in [3.05, 3.63) is 108 Å². The normalized spacial score (nSPS) is 12.1. The van der Waals surface area contributed by atoms with Crippen LogP contribution in [0.3, 0.4) is 0 Å². The number of aromatic nitrogens is 1. The molecular formula is C28H23Cl2FeN3. The first-order valence-electron chi connectivity index (χ1n) is 10.7. The van der Waals surface area contributed by atoms with E-state index < -0.39 is 0 Å². The number of hydrogen-bond donors (Lipinski definition) is 1. The maximum absolute atomic E-state index is 4.90. The Labute approximate surface area is 214 Å². The minimum absolute atomic E-state index is 0.194. The molecular weight excluding hydrogens is 505 g/mol. The van der Waals surface area contributed by atoms with Gasteiger partial charge in [0.1, 0.15) is 0 Å². The molecule has 0 atom stereocenters. The van der Waals surface area contributed by atoms with Crippen molar-refractivity contribution in [3.8, 4) is 0 Å². The topological polar surface area (TPSA) is 40.5 Å². The van der Waals surface area contributed by atoms with Crippen LogP contribution in [0.5, 0.6) is 0 Å². The molecule has 5 aromatic rings. The fourth-order valence-corrected chi connectivity index (χ4v) is 3.91. The van der Waals surface area contributed by atoms with Gasteiger partial charge in [-0.15, -0.1) is 0 Å². The number of nitrogens with zero attached hydrogens (tertiary/aromatic N) is 2. The van der Waals surface area contributed by atoms with Gasteiger partial charge in [0, 0.05) is 10.8 Å². The van der Waals surface area contributed by atoms with Crippen molar-refractivity contribution in [3.63, 3.8) is 0 Å². The standard InChI is InChI=1S/C28H23N3.2ClH.Fe/c1-19(29-27-15-7-11-21-9-3-5-13-23(21)27)25-17-18-26(31-25)20(2)30-28-16-8-12-22-10-4-6-14-24(22)28;;;/h3-18,31H,1-2H3;2*1H;/q;;;+2/p-2. The molecule has 0 radical (unpaired) electrons. The molecule has 4 aromatic carbocycles. The van der Waals surface area contributed by atoms with Crippen molar-refractivity contribution < 1.29 is 13.1 Å². The number of aliphatic imine (C=N–C) groups is 2. The van der Waals surface area contributed by atoms with Gasteiger partial charge in [0.2, 0.25) is 0 Å². The summed E-state index contributed by atoms with van der Waals surface area (Å²) in [5.74, 6) is 0. The Kier molecular flexibility index (Phi) is 8.20. The molecule has 0 saturated heterocycles. The van der Waals surface area contributed by atoms with E-state index in [-0.39, 0.29) is 13.1 Å². The Morgan fingerprint density at radius 2 is 0.971 bits per heavy atom.